The van der Waals surface area contributed by atoms with Gasteiger partial charge in [-0.05, 0) is 36.4 Å². The first kappa shape index (κ1) is 12.2. The molecular formula is C15H12N4O. The SMILES string of the molecule is c1ccc(CN=Nc2ccc(-c3cnco3)cc2)nc1. The van der Waals surface area contributed by atoms with E-state index in [2.05, 4.69) is 20.2 Å². The normalized spacial score (nSPS) is 11.0. The molecule has 0 radical (unpaired) electrons. The zero-order chi connectivity index (χ0) is 13.6. The zero-order valence-electron chi connectivity index (χ0n) is 10.7. The molecule has 0 aliphatic heterocycles. The molecule has 3 aromatic rings. The Morgan fingerprint density at radius 1 is 1.05 bits per heavy atom. The smallest absolute Gasteiger partial charge is 0.181 e. The molecule has 0 atom stereocenters. The van der Waals surface area contributed by atoms with Gasteiger partial charge in [-0.2, -0.15) is 10.2 Å². The van der Waals surface area contributed by atoms with Crippen molar-refractivity contribution in [1.29, 1.82) is 0 Å². The Morgan fingerprint density at radius 3 is 2.65 bits per heavy atom. The predicted octanol–water partition coefficient (Wildman–Crippen LogP) is 4.02. The maximum atomic E-state index is 5.22. The van der Waals surface area contributed by atoms with Crippen molar-refractivity contribution in [3.63, 3.8) is 0 Å². The van der Waals surface area contributed by atoms with Crippen molar-refractivity contribution in [1.82, 2.24) is 9.97 Å². The monoisotopic (exact) mass is 264 g/mol. The molecule has 0 aliphatic rings. The minimum absolute atomic E-state index is 0.477. The molecule has 0 saturated heterocycles. The first-order chi connectivity index (χ1) is 9.92. The highest BCUT2D eigenvalue weighted by molar-refractivity contribution is 5.59. The van der Waals surface area contributed by atoms with E-state index in [4.69, 9.17) is 4.42 Å². The van der Waals surface area contributed by atoms with Crippen molar-refractivity contribution >= 4 is 5.69 Å². The number of hydrogen-bond acceptors (Lipinski definition) is 5. The number of benzene rings is 1. The number of azo groups is 1. The van der Waals surface area contributed by atoms with Crippen LogP contribution in [-0.4, -0.2) is 9.97 Å². The molecule has 3 rings (SSSR count). The van der Waals surface area contributed by atoms with E-state index in [9.17, 15) is 0 Å². The van der Waals surface area contributed by atoms with Crippen molar-refractivity contribution in [2.75, 3.05) is 0 Å². The Bertz CT molecular complexity index is 676. The molecule has 0 N–H and O–H groups in total. The molecule has 0 fully saturated rings. The maximum absolute atomic E-state index is 5.22. The van der Waals surface area contributed by atoms with Gasteiger partial charge in [-0.3, -0.25) is 4.98 Å². The number of rotatable bonds is 4. The van der Waals surface area contributed by atoms with Crippen molar-refractivity contribution < 1.29 is 4.42 Å². The van der Waals surface area contributed by atoms with E-state index in [1.807, 2.05) is 42.5 Å². The van der Waals surface area contributed by atoms with Crippen LogP contribution in [0.25, 0.3) is 11.3 Å². The van der Waals surface area contributed by atoms with Gasteiger partial charge in [0.2, 0.25) is 0 Å². The van der Waals surface area contributed by atoms with Crippen molar-refractivity contribution in [2.24, 2.45) is 10.2 Å². The van der Waals surface area contributed by atoms with Crippen LogP contribution >= 0.6 is 0 Å². The van der Waals surface area contributed by atoms with Gasteiger partial charge >= 0.3 is 0 Å². The average molecular weight is 264 g/mol. The topological polar surface area (TPSA) is 63.6 Å². The maximum Gasteiger partial charge on any atom is 0.181 e. The summed E-state index contributed by atoms with van der Waals surface area (Å²) >= 11 is 0. The predicted molar refractivity (Wildman–Crippen MR) is 74.4 cm³/mol. The van der Waals surface area contributed by atoms with Crippen LogP contribution in [-0.2, 0) is 6.54 Å². The molecule has 5 nitrogen and oxygen atoms in total. The number of hydrogen-bond donors (Lipinski definition) is 0. The molecule has 5 heteroatoms. The van der Waals surface area contributed by atoms with Crippen LogP contribution in [0.4, 0.5) is 5.69 Å². The van der Waals surface area contributed by atoms with Gasteiger partial charge < -0.3 is 4.42 Å². The molecular weight excluding hydrogens is 252 g/mol. The Labute approximate surface area is 116 Å². The Balaban J connectivity index is 1.66. The van der Waals surface area contributed by atoms with Crippen LogP contribution < -0.4 is 0 Å². The highest BCUT2D eigenvalue weighted by atomic mass is 16.3. The molecule has 20 heavy (non-hydrogen) atoms. The van der Waals surface area contributed by atoms with E-state index < -0.39 is 0 Å². The summed E-state index contributed by atoms with van der Waals surface area (Å²) in [5.74, 6) is 0.738. The largest absolute Gasteiger partial charge is 0.444 e. The summed E-state index contributed by atoms with van der Waals surface area (Å²) in [6.07, 6.45) is 4.84. The highest BCUT2D eigenvalue weighted by Crippen LogP contribution is 2.22. The Hall–Kier alpha value is -2.82. The summed E-state index contributed by atoms with van der Waals surface area (Å²) in [4.78, 5) is 8.07. The third-order valence-electron chi connectivity index (χ3n) is 2.73. The summed E-state index contributed by atoms with van der Waals surface area (Å²) in [7, 11) is 0. The highest BCUT2D eigenvalue weighted by Gasteiger charge is 2.00. The molecule has 2 aromatic heterocycles. The van der Waals surface area contributed by atoms with Gasteiger partial charge in [0, 0.05) is 11.8 Å². The van der Waals surface area contributed by atoms with Gasteiger partial charge in [0.25, 0.3) is 0 Å². The Kier molecular flexibility index (Phi) is 3.59. The van der Waals surface area contributed by atoms with E-state index in [0.717, 1.165) is 22.7 Å². The van der Waals surface area contributed by atoms with Crippen molar-refractivity contribution in [2.45, 2.75) is 6.54 Å². The fraction of sp³-hybridized carbons (Fsp3) is 0.0667. The second kappa shape index (κ2) is 5.88. The Morgan fingerprint density at radius 2 is 1.95 bits per heavy atom. The lowest BCUT2D eigenvalue weighted by Crippen LogP contribution is -1.83. The summed E-state index contributed by atoms with van der Waals surface area (Å²) in [6, 6.07) is 13.4. The van der Waals surface area contributed by atoms with E-state index in [0.29, 0.717) is 6.54 Å². The quantitative estimate of drug-likeness (QED) is 0.668. The van der Waals surface area contributed by atoms with Crippen LogP contribution in [0.2, 0.25) is 0 Å². The summed E-state index contributed by atoms with van der Waals surface area (Å²) in [6.45, 7) is 0.477. The minimum Gasteiger partial charge on any atom is -0.444 e. The van der Waals surface area contributed by atoms with Gasteiger partial charge in [0.15, 0.2) is 12.2 Å². The minimum atomic E-state index is 0.477. The average Bonchev–Trinajstić information content (AvgIpc) is 3.03. The third-order valence-corrected chi connectivity index (χ3v) is 2.73. The molecule has 0 aliphatic carbocycles. The number of nitrogens with zero attached hydrogens (tertiary/aromatic N) is 4. The van der Waals surface area contributed by atoms with Crippen molar-refractivity contribution in [3.8, 4) is 11.3 Å². The standard InChI is InChI=1S/C15H12N4O/c1-2-8-17-14(3-1)9-18-19-13-6-4-12(5-7-13)15-10-16-11-20-15/h1-8,10-11H,9H2. The van der Waals surface area contributed by atoms with E-state index in [1.54, 1.807) is 12.4 Å². The van der Waals surface area contributed by atoms with Gasteiger partial charge in [0.05, 0.1) is 17.6 Å². The zero-order valence-corrected chi connectivity index (χ0v) is 10.7. The first-order valence-corrected chi connectivity index (χ1v) is 6.18. The second-order valence-corrected chi connectivity index (χ2v) is 4.13. The van der Waals surface area contributed by atoms with Crippen LogP contribution in [0.1, 0.15) is 5.69 Å². The lowest BCUT2D eigenvalue weighted by atomic mass is 10.2. The first-order valence-electron chi connectivity index (χ1n) is 6.18. The fourth-order valence-corrected chi connectivity index (χ4v) is 1.73. The van der Waals surface area contributed by atoms with Gasteiger partial charge in [0.1, 0.15) is 6.54 Å². The van der Waals surface area contributed by atoms with Crippen LogP contribution in [0, 0.1) is 0 Å². The van der Waals surface area contributed by atoms with E-state index >= 15 is 0 Å². The lowest BCUT2D eigenvalue weighted by molar-refractivity contribution is 0.572. The summed E-state index contributed by atoms with van der Waals surface area (Å²) in [5.41, 5.74) is 2.66. The molecule has 2 heterocycles. The molecule has 0 saturated carbocycles. The lowest BCUT2D eigenvalue weighted by Gasteiger charge is -1.97. The second-order valence-electron chi connectivity index (χ2n) is 4.13. The molecule has 0 amide bonds. The molecule has 0 bridgehead atoms. The van der Waals surface area contributed by atoms with Gasteiger partial charge in [-0.1, -0.05) is 6.07 Å². The van der Waals surface area contributed by atoms with Crippen LogP contribution in [0.15, 0.2) is 75.9 Å². The third kappa shape index (κ3) is 2.95. The molecule has 0 spiro atoms. The van der Waals surface area contributed by atoms with Crippen LogP contribution in [0.3, 0.4) is 0 Å². The van der Waals surface area contributed by atoms with E-state index in [-0.39, 0.29) is 0 Å². The summed E-state index contributed by atoms with van der Waals surface area (Å²) < 4.78 is 5.22. The molecule has 1 aromatic carbocycles. The van der Waals surface area contributed by atoms with Crippen molar-refractivity contribution in [3.05, 3.63) is 66.9 Å². The number of aromatic nitrogens is 2. The van der Waals surface area contributed by atoms with E-state index in [1.165, 1.54) is 6.39 Å². The molecule has 98 valence electrons. The molecule has 0 unspecified atom stereocenters. The van der Waals surface area contributed by atoms with Crippen LogP contribution in [0.5, 0.6) is 0 Å². The summed E-state index contributed by atoms with van der Waals surface area (Å²) in [5, 5.41) is 8.29. The number of oxazole rings is 1. The van der Waals surface area contributed by atoms with Gasteiger partial charge in [-0.15, -0.1) is 0 Å². The number of pyridine rings is 1. The van der Waals surface area contributed by atoms with Gasteiger partial charge in [-0.25, -0.2) is 4.98 Å². The fourth-order valence-electron chi connectivity index (χ4n) is 1.73.